The smallest absolute Gasteiger partial charge is 0.370 e. The van der Waals surface area contributed by atoms with Gasteiger partial charge in [-0.25, -0.2) is 0 Å². The summed E-state index contributed by atoms with van der Waals surface area (Å²) in [6, 6.07) is 13.7. The van der Waals surface area contributed by atoms with Crippen LogP contribution in [0.1, 0.15) is 124 Å². The molecule has 80 heavy (non-hydrogen) atoms. The van der Waals surface area contributed by atoms with Crippen LogP contribution in [-0.2, 0) is 44.7 Å². The van der Waals surface area contributed by atoms with Crippen LogP contribution in [0.5, 0.6) is 0 Å². The monoisotopic (exact) mass is 1130 g/mol. The molecule has 0 saturated carbocycles. The first-order valence-electron chi connectivity index (χ1n) is 26.7. The van der Waals surface area contributed by atoms with E-state index in [4.69, 9.17) is 5.73 Å². The molecule has 1 aromatic heterocycles. The SMILES string of the molecule is CN1CC[C@H]2CC[C@@H](C(=O)NC(CCC(N)=O)C(=O)NC(C(=O)N3CCC(CCC#Cc4cccc5c4CN(C4CCC(=O)NC4=O)C5=O)CC3)c3ccccc3)N2C(=O)[C@@H](NC(=O)c2cc3cc(C(=O)P(=O)(O)O)ccc3s2)C1. The predicted molar refractivity (Wildman–Crippen MR) is 291 cm³/mol. The summed E-state index contributed by atoms with van der Waals surface area (Å²) >= 11 is 1.06. The van der Waals surface area contributed by atoms with Crippen LogP contribution in [0.25, 0.3) is 10.1 Å². The Labute approximate surface area is 464 Å². The fraction of sp³-hybridized carbons (Fsp3) is 0.429. The highest BCUT2D eigenvalue weighted by atomic mass is 32.1. The maximum atomic E-state index is 14.6. The number of likely N-dealkylation sites (tertiary alicyclic amines) is 1. The van der Waals surface area contributed by atoms with Crippen molar-refractivity contribution in [1.29, 1.82) is 0 Å². The first-order valence-corrected chi connectivity index (χ1v) is 29.1. The number of hydrogen-bond donors (Lipinski definition) is 7. The van der Waals surface area contributed by atoms with E-state index in [-0.39, 0.29) is 79.3 Å². The molecular weight excluding hydrogens is 1070 g/mol. The highest BCUT2D eigenvalue weighted by Gasteiger charge is 2.46. The Morgan fingerprint density at radius 2 is 1.65 bits per heavy atom. The second kappa shape index (κ2) is 24.4. The molecule has 8 N–H and O–H groups in total. The average molecular weight is 1130 g/mol. The van der Waals surface area contributed by atoms with Crippen molar-refractivity contribution in [1.82, 2.24) is 40.9 Å². The van der Waals surface area contributed by atoms with Gasteiger partial charge < -0.3 is 51.1 Å². The lowest BCUT2D eigenvalue weighted by molar-refractivity contribution is -0.144. The van der Waals surface area contributed by atoms with E-state index in [0.717, 1.165) is 23.3 Å². The molecule has 5 aliphatic rings. The Bertz CT molecular complexity index is 3270. The van der Waals surface area contributed by atoms with Crippen LogP contribution in [0.15, 0.2) is 72.8 Å². The molecule has 6 heterocycles. The highest BCUT2D eigenvalue weighted by molar-refractivity contribution is 7.70. The second-order valence-electron chi connectivity index (χ2n) is 21.0. The first-order chi connectivity index (χ1) is 38.2. The minimum atomic E-state index is -5.06. The lowest BCUT2D eigenvalue weighted by atomic mass is 9.91. The van der Waals surface area contributed by atoms with Gasteiger partial charge in [0, 0.05) is 72.9 Å². The molecule has 3 unspecified atom stereocenters. The largest absolute Gasteiger partial charge is 0.396 e. The summed E-state index contributed by atoms with van der Waals surface area (Å²) in [5, 5.41) is 11.2. The lowest BCUT2D eigenvalue weighted by Gasteiger charge is -2.38. The number of hydrogen-bond acceptors (Lipinski definition) is 13. The Morgan fingerprint density at radius 3 is 2.38 bits per heavy atom. The number of piperidine rings is 2. The van der Waals surface area contributed by atoms with Crippen LogP contribution in [0.3, 0.4) is 0 Å². The van der Waals surface area contributed by atoms with Crippen LogP contribution in [0.4, 0.5) is 0 Å². The first kappa shape index (κ1) is 57.1. The Kier molecular flexibility index (Phi) is 17.4. The van der Waals surface area contributed by atoms with E-state index in [2.05, 4.69) is 33.1 Å². The number of carbonyl (C=O) groups is 10. The maximum absolute atomic E-state index is 14.6. The minimum Gasteiger partial charge on any atom is -0.370 e. The number of amides is 9. The summed E-state index contributed by atoms with van der Waals surface area (Å²) in [6.07, 6.45) is 3.80. The number of nitrogens with one attached hydrogen (secondary N) is 4. The van der Waals surface area contributed by atoms with Crippen molar-refractivity contribution in [2.75, 3.05) is 33.2 Å². The van der Waals surface area contributed by atoms with Gasteiger partial charge in [0.15, 0.2) is 0 Å². The number of thiophene rings is 1. The van der Waals surface area contributed by atoms with Gasteiger partial charge in [0.1, 0.15) is 30.2 Å². The molecule has 4 fully saturated rings. The van der Waals surface area contributed by atoms with Crippen molar-refractivity contribution in [2.24, 2.45) is 11.7 Å². The molecule has 420 valence electrons. The zero-order valence-electron chi connectivity index (χ0n) is 43.9. The molecule has 3 aromatic carbocycles. The van der Waals surface area contributed by atoms with E-state index in [1.807, 2.05) is 18.0 Å². The normalized spacial score (nSPS) is 21.5. The third kappa shape index (κ3) is 12.9. The molecule has 5 aliphatic heterocycles. The van der Waals surface area contributed by atoms with E-state index in [1.54, 1.807) is 47.4 Å². The van der Waals surface area contributed by atoms with Crippen LogP contribution in [0.2, 0.25) is 0 Å². The van der Waals surface area contributed by atoms with Crippen molar-refractivity contribution in [3.63, 3.8) is 0 Å². The average Bonchev–Trinajstić information content (AvgIpc) is 4.26. The van der Waals surface area contributed by atoms with Crippen LogP contribution < -0.4 is 27.0 Å². The summed E-state index contributed by atoms with van der Waals surface area (Å²) in [5.74, 6) is 1.99. The van der Waals surface area contributed by atoms with E-state index >= 15 is 0 Å². The molecule has 0 radical (unpaired) electrons. The molecule has 0 spiro atoms. The van der Waals surface area contributed by atoms with Gasteiger partial charge in [-0.1, -0.05) is 48.2 Å². The number of imide groups is 1. The second-order valence-corrected chi connectivity index (χ2v) is 23.6. The number of rotatable bonds is 16. The van der Waals surface area contributed by atoms with Gasteiger partial charge in [0.05, 0.1) is 4.88 Å². The molecule has 0 aliphatic carbocycles. The minimum absolute atomic E-state index is 0.0944. The molecule has 6 atom stereocenters. The third-order valence-electron chi connectivity index (χ3n) is 15.6. The third-order valence-corrected chi connectivity index (χ3v) is 17.5. The zero-order chi connectivity index (χ0) is 57.0. The van der Waals surface area contributed by atoms with E-state index < -0.39 is 84.8 Å². The molecule has 4 saturated heterocycles. The standard InChI is InChI=1S/C56H62N9O13PS/c1-62-25-24-37-15-17-43(65(37)54(73)41(31-62)59-52(71)45-29-36-28-35(14-19-44(36)80-45)56(75)79(76,77)78)51(70)58-40(16-20-46(57)66)49(68)61-48(34-10-3-2-4-11-34)55(74)63-26-22-32(23-27-63)8-5-6-9-33-12-7-13-38-39(33)30-64(53(38)72)42-18-21-47(67)60-50(42)69/h2-4,7,10-14,19,28-29,32,37,40-43,48H,5,8,15-18,20-27,30-31H2,1H3,(H2,57,66)(H,58,70)(H,59,71)(H,61,68)(H,60,67,69)(H2,76,77,78)/t37-,40?,41+,42?,43+,48?/m1/s1. The zero-order valence-corrected chi connectivity index (χ0v) is 45.6. The number of fused-ring (bicyclic) bond motifs is 3. The molecule has 9 rings (SSSR count). The van der Waals surface area contributed by atoms with E-state index in [1.165, 1.54) is 34.1 Å². The Morgan fingerprint density at radius 1 is 0.887 bits per heavy atom. The van der Waals surface area contributed by atoms with E-state index in [9.17, 15) is 62.3 Å². The fourth-order valence-electron chi connectivity index (χ4n) is 11.3. The highest BCUT2D eigenvalue weighted by Crippen LogP contribution is 2.40. The van der Waals surface area contributed by atoms with Crippen molar-refractivity contribution in [2.45, 2.75) is 113 Å². The Balaban J connectivity index is 0.828. The summed E-state index contributed by atoms with van der Waals surface area (Å²) in [5.41, 5.74) is 6.41. The molecule has 0 bridgehead atoms. The van der Waals surface area contributed by atoms with Gasteiger partial charge >= 0.3 is 7.60 Å². The fourth-order valence-corrected chi connectivity index (χ4v) is 12.8. The van der Waals surface area contributed by atoms with Gasteiger partial charge in [-0.3, -0.25) is 57.8 Å². The van der Waals surface area contributed by atoms with Crippen molar-refractivity contribution in [3.05, 3.63) is 105 Å². The quantitative estimate of drug-likeness (QED) is 0.0482. The Hall–Kier alpha value is -7.61. The molecule has 4 aromatic rings. The maximum Gasteiger partial charge on any atom is 0.396 e. The van der Waals surface area contributed by atoms with Gasteiger partial charge in [-0.15, -0.1) is 11.3 Å². The van der Waals surface area contributed by atoms with Gasteiger partial charge in [0.2, 0.25) is 41.4 Å². The van der Waals surface area contributed by atoms with Crippen molar-refractivity contribution >= 4 is 87.7 Å². The van der Waals surface area contributed by atoms with Gasteiger partial charge in [-0.05, 0) is 124 Å². The van der Waals surface area contributed by atoms with Crippen molar-refractivity contribution in [3.8, 4) is 11.8 Å². The summed E-state index contributed by atoms with van der Waals surface area (Å²) in [4.78, 5) is 159. The number of nitrogens with zero attached hydrogens (tertiary/aromatic N) is 4. The number of likely N-dealkylation sites (N-methyl/N-ethyl adjacent to an activating group) is 1. The lowest BCUT2D eigenvalue weighted by Crippen LogP contribution is -2.61. The predicted octanol–water partition coefficient (Wildman–Crippen LogP) is 2.45. The molecule has 24 heteroatoms. The molecular formula is C56H62N9O13PS. The number of carbonyl (C=O) groups excluding carboxylic acids is 10. The summed E-state index contributed by atoms with van der Waals surface area (Å²) < 4.78 is 12.2. The summed E-state index contributed by atoms with van der Waals surface area (Å²) in [6.45, 7) is 1.65. The van der Waals surface area contributed by atoms with Gasteiger partial charge in [-0.2, -0.15) is 0 Å². The van der Waals surface area contributed by atoms with Gasteiger partial charge in [0.25, 0.3) is 17.3 Å². The molecule has 22 nitrogen and oxygen atoms in total. The van der Waals surface area contributed by atoms with Crippen LogP contribution in [-0.4, -0.2) is 152 Å². The number of nitrogens with two attached hydrogens (primary N) is 1. The van der Waals surface area contributed by atoms with Crippen molar-refractivity contribution < 1.29 is 62.3 Å². The van der Waals surface area contributed by atoms with Crippen LogP contribution in [0, 0.1) is 17.8 Å². The van der Waals surface area contributed by atoms with E-state index in [0.29, 0.717) is 78.5 Å². The topological polar surface area (TPSA) is 315 Å². The molecule has 9 amide bonds. The number of benzene rings is 3. The summed E-state index contributed by atoms with van der Waals surface area (Å²) in [7, 11) is -3.25. The number of primary amides is 1. The van der Waals surface area contributed by atoms with Crippen LogP contribution >= 0.6 is 18.9 Å².